The second-order valence-corrected chi connectivity index (χ2v) is 3.03. The highest BCUT2D eigenvalue weighted by Gasteiger charge is 2.04. The summed E-state index contributed by atoms with van der Waals surface area (Å²) in [7, 11) is 0. The molecule has 0 aliphatic heterocycles. The minimum absolute atomic E-state index is 0.178. The number of rotatable bonds is 2. The molecule has 0 saturated heterocycles. The maximum atomic E-state index is 11.6. The summed E-state index contributed by atoms with van der Waals surface area (Å²) in [4.78, 5) is 6.29. The minimum atomic E-state index is -0.541. The van der Waals surface area contributed by atoms with Gasteiger partial charge in [-0.15, -0.1) is 0 Å². The number of thioether (sulfide) groups is 1. The van der Waals surface area contributed by atoms with Crippen molar-refractivity contribution in [3.05, 3.63) is 10.3 Å². The summed E-state index contributed by atoms with van der Waals surface area (Å²) in [6.07, 6.45) is 0. The van der Waals surface area contributed by atoms with Crippen molar-refractivity contribution < 1.29 is 4.39 Å². The lowest BCUT2D eigenvalue weighted by Gasteiger charge is -1.84. The van der Waals surface area contributed by atoms with E-state index in [0.717, 1.165) is 11.8 Å². The van der Waals surface area contributed by atoms with Crippen molar-refractivity contribution in [1.82, 2.24) is 9.97 Å². The van der Waals surface area contributed by atoms with Gasteiger partial charge in [-0.05, 0) is 0 Å². The molecule has 0 amide bonds. The van der Waals surface area contributed by atoms with E-state index in [0.29, 0.717) is 5.16 Å². The Morgan fingerprint density at radius 1 is 1.60 bits per heavy atom. The van der Waals surface area contributed by atoms with Crippen LogP contribution in [0.25, 0.3) is 0 Å². The monoisotopic (exact) mass is 200 g/mol. The van der Waals surface area contributed by atoms with Crippen LogP contribution in [-0.2, 0) is 0 Å². The molecule has 0 aliphatic carbocycles. The molecule has 6 heteroatoms. The second kappa shape index (κ2) is 3.46. The smallest absolute Gasteiger partial charge is 0.170 e. The maximum Gasteiger partial charge on any atom is 0.170 e. The number of aromatic amines is 1. The fraction of sp³-hybridized carbons (Fsp3) is 0.250. The number of imidazole rings is 1. The van der Waals surface area contributed by atoms with Crippen molar-refractivity contribution in [3.63, 3.8) is 0 Å². The highest BCUT2D eigenvalue weighted by Crippen LogP contribution is 2.23. The van der Waals surface area contributed by atoms with Crippen LogP contribution in [0.3, 0.4) is 0 Å². The van der Waals surface area contributed by atoms with Crippen LogP contribution < -0.4 is 0 Å². The molecule has 1 heterocycles. The highest BCUT2D eigenvalue weighted by atomic mass is 35.5. The standard InChI is InChI=1S/C4H3Cl2FN2S/c5-2-3(6)9-4(8-2)10-1-7/h1H2,(H,8,9). The third kappa shape index (κ3) is 1.78. The molecule has 10 heavy (non-hydrogen) atoms. The topological polar surface area (TPSA) is 28.7 Å². The lowest BCUT2D eigenvalue weighted by atomic mass is 10.9. The third-order valence-corrected chi connectivity index (χ3v) is 2.01. The summed E-state index contributed by atoms with van der Waals surface area (Å²) in [5.41, 5.74) is 0. The van der Waals surface area contributed by atoms with Crippen LogP contribution >= 0.6 is 35.0 Å². The molecule has 2 nitrogen and oxygen atoms in total. The van der Waals surface area contributed by atoms with Gasteiger partial charge in [-0.1, -0.05) is 35.0 Å². The average molecular weight is 201 g/mol. The lowest BCUT2D eigenvalue weighted by Crippen LogP contribution is -1.72. The molecule has 56 valence electrons. The van der Waals surface area contributed by atoms with Gasteiger partial charge in [0.1, 0.15) is 11.2 Å². The van der Waals surface area contributed by atoms with Crippen molar-refractivity contribution in [2.24, 2.45) is 0 Å². The largest absolute Gasteiger partial charge is 0.323 e. The Bertz CT molecular complexity index is 208. The lowest BCUT2D eigenvalue weighted by molar-refractivity contribution is 0.604. The van der Waals surface area contributed by atoms with E-state index < -0.39 is 6.01 Å². The van der Waals surface area contributed by atoms with Crippen molar-refractivity contribution in [2.75, 3.05) is 6.01 Å². The van der Waals surface area contributed by atoms with Crippen LogP contribution in [0.2, 0.25) is 10.3 Å². The van der Waals surface area contributed by atoms with Gasteiger partial charge in [-0.25, -0.2) is 9.37 Å². The number of aromatic nitrogens is 2. The fourth-order valence-corrected chi connectivity index (χ4v) is 1.23. The van der Waals surface area contributed by atoms with Crippen LogP contribution in [0.15, 0.2) is 5.16 Å². The van der Waals surface area contributed by atoms with Crippen molar-refractivity contribution in [1.29, 1.82) is 0 Å². The molecule has 0 radical (unpaired) electrons. The van der Waals surface area contributed by atoms with Crippen LogP contribution in [0.4, 0.5) is 4.39 Å². The molecule has 0 spiro atoms. The van der Waals surface area contributed by atoms with Gasteiger partial charge in [0, 0.05) is 0 Å². The van der Waals surface area contributed by atoms with E-state index in [2.05, 4.69) is 9.97 Å². The van der Waals surface area contributed by atoms with Gasteiger partial charge in [0.05, 0.1) is 0 Å². The van der Waals surface area contributed by atoms with E-state index in [9.17, 15) is 4.39 Å². The Balaban J connectivity index is 2.77. The van der Waals surface area contributed by atoms with E-state index in [1.165, 1.54) is 0 Å². The number of nitrogens with one attached hydrogen (secondary N) is 1. The first-order valence-electron chi connectivity index (χ1n) is 2.34. The molecule has 1 aromatic heterocycles. The van der Waals surface area contributed by atoms with Crippen LogP contribution in [-0.4, -0.2) is 16.0 Å². The molecule has 0 aliphatic rings. The molecule has 1 aromatic rings. The minimum Gasteiger partial charge on any atom is -0.323 e. The SMILES string of the molecule is FCSc1nc(Cl)c(Cl)[nH]1. The van der Waals surface area contributed by atoms with Crippen LogP contribution in [0, 0.1) is 0 Å². The van der Waals surface area contributed by atoms with Gasteiger partial charge in [0.15, 0.2) is 10.3 Å². The predicted octanol–water partition coefficient (Wildman–Crippen LogP) is 2.74. The number of hydrogen-bond donors (Lipinski definition) is 1. The van der Waals surface area contributed by atoms with Crippen molar-refractivity contribution >= 4 is 35.0 Å². The van der Waals surface area contributed by atoms with Crippen LogP contribution in [0.5, 0.6) is 0 Å². The Labute approximate surface area is 71.1 Å². The van der Waals surface area contributed by atoms with Crippen molar-refractivity contribution in [3.8, 4) is 0 Å². The number of halogens is 3. The summed E-state index contributed by atoms with van der Waals surface area (Å²) >= 11 is 11.8. The normalized spacial score (nSPS) is 10.3. The molecular weight excluding hydrogens is 198 g/mol. The van der Waals surface area contributed by atoms with Gasteiger partial charge in [0.2, 0.25) is 0 Å². The van der Waals surface area contributed by atoms with Crippen molar-refractivity contribution in [2.45, 2.75) is 5.16 Å². The highest BCUT2D eigenvalue weighted by molar-refractivity contribution is 7.99. The first kappa shape index (κ1) is 8.17. The number of alkyl halides is 1. The fourth-order valence-electron chi connectivity index (χ4n) is 0.432. The Morgan fingerprint density at radius 2 is 2.30 bits per heavy atom. The Kier molecular flexibility index (Phi) is 2.82. The Hall–Kier alpha value is 0.0700. The predicted molar refractivity (Wildman–Crippen MR) is 40.4 cm³/mol. The maximum absolute atomic E-state index is 11.6. The number of H-pyrrole nitrogens is 1. The van der Waals surface area contributed by atoms with Gasteiger partial charge >= 0.3 is 0 Å². The molecule has 0 saturated carbocycles. The molecule has 1 N–H and O–H groups in total. The van der Waals surface area contributed by atoms with Gasteiger partial charge in [-0.2, -0.15) is 0 Å². The average Bonchev–Trinajstić information content (AvgIpc) is 2.14. The molecule has 1 rings (SSSR count). The van der Waals surface area contributed by atoms with Gasteiger partial charge < -0.3 is 4.98 Å². The molecule has 0 bridgehead atoms. The van der Waals surface area contributed by atoms with E-state index in [1.54, 1.807) is 0 Å². The summed E-state index contributed by atoms with van der Waals surface area (Å²) in [5, 5.41) is 0.827. The zero-order chi connectivity index (χ0) is 7.56. The van der Waals surface area contributed by atoms with Gasteiger partial charge in [0.25, 0.3) is 0 Å². The third-order valence-electron chi connectivity index (χ3n) is 0.789. The van der Waals surface area contributed by atoms with E-state index >= 15 is 0 Å². The molecule has 0 fully saturated rings. The quantitative estimate of drug-likeness (QED) is 0.745. The zero-order valence-corrected chi connectivity index (χ0v) is 7.02. The Morgan fingerprint density at radius 3 is 2.70 bits per heavy atom. The van der Waals surface area contributed by atoms with E-state index in [4.69, 9.17) is 23.2 Å². The molecular formula is C4H3Cl2FN2S. The first-order valence-corrected chi connectivity index (χ1v) is 4.08. The zero-order valence-electron chi connectivity index (χ0n) is 4.70. The van der Waals surface area contributed by atoms with Gasteiger partial charge in [-0.3, -0.25) is 0 Å². The first-order chi connectivity index (χ1) is 4.74. The van der Waals surface area contributed by atoms with E-state index in [-0.39, 0.29) is 10.3 Å². The number of nitrogens with zero attached hydrogens (tertiary/aromatic N) is 1. The van der Waals surface area contributed by atoms with Crippen LogP contribution in [0.1, 0.15) is 0 Å². The summed E-state index contributed by atoms with van der Waals surface area (Å²) < 4.78 is 11.6. The molecule has 0 atom stereocenters. The molecule has 0 unspecified atom stereocenters. The second-order valence-electron chi connectivity index (χ2n) is 1.40. The number of hydrogen-bond acceptors (Lipinski definition) is 2. The molecule has 0 aromatic carbocycles. The summed E-state index contributed by atoms with van der Waals surface area (Å²) in [5.74, 6) is 0. The summed E-state index contributed by atoms with van der Waals surface area (Å²) in [6.45, 7) is 0. The summed E-state index contributed by atoms with van der Waals surface area (Å²) in [6, 6.07) is -0.541. The van der Waals surface area contributed by atoms with E-state index in [1.807, 2.05) is 0 Å².